The molecule has 17 aromatic rings. The second kappa shape index (κ2) is 23.2. The van der Waals surface area contributed by atoms with Gasteiger partial charge in [-0.2, -0.15) is 0 Å². The van der Waals surface area contributed by atoms with Gasteiger partial charge in [-0.25, -0.2) is 9.97 Å². The van der Waals surface area contributed by atoms with Crippen LogP contribution in [0.25, 0.3) is 133 Å². The maximum Gasteiger partial charge on any atom is 0.152 e. The summed E-state index contributed by atoms with van der Waals surface area (Å²) < 4.78 is 23.8. The van der Waals surface area contributed by atoms with Crippen LogP contribution in [0.3, 0.4) is 0 Å². The lowest BCUT2D eigenvalue weighted by molar-refractivity contribution is 0.481. The normalized spacial score (nSPS) is 11.8. The second-order valence-corrected chi connectivity index (χ2v) is 26.4. The first-order valence-electron chi connectivity index (χ1n) is 32.9. The van der Waals surface area contributed by atoms with Crippen molar-refractivity contribution in [2.75, 3.05) is 76.0 Å². The van der Waals surface area contributed by atoms with Crippen molar-refractivity contribution in [1.29, 1.82) is 0 Å². The summed E-state index contributed by atoms with van der Waals surface area (Å²) in [5.74, 6) is 4.31. The first-order chi connectivity index (χ1) is 47.7. The van der Waals surface area contributed by atoms with Gasteiger partial charge in [0.2, 0.25) is 0 Å². The second-order valence-electron chi connectivity index (χ2n) is 26.4. The smallest absolute Gasteiger partial charge is 0.152 e. The average Bonchev–Trinajstić information content (AvgIpc) is 1.59. The molecule has 0 spiro atoms. The lowest BCUT2D eigenvalue weighted by Gasteiger charge is -2.18. The highest BCUT2D eigenvalue weighted by Crippen LogP contribution is 2.46. The molecule has 0 saturated heterocycles. The Morgan fingerprint density at radius 3 is 0.980 bits per heavy atom. The molecule has 0 aliphatic rings. The van der Waals surface area contributed by atoms with E-state index in [1.165, 1.54) is 0 Å². The predicted molar refractivity (Wildman–Crippen MR) is 406 cm³/mol. The molecule has 0 N–H and O–H groups in total. The SMILES string of the molecule is Cc1ccnc(-n2c3ccccc3c3ccc(Oc4cc(-c5cnc(-c6ccc(-n7c8ccc(N(C)C)cc8c8cc(N(C)C)ccc87)c(Oc7ccc8c9ccccc9n(-c9cc(C)ccn9)c8c7)c6)cn5)ccc4-n4c5ccc(N(C)C)cc5c5cc(N(C)C)ccc54)cc32)c1. The Labute approximate surface area is 567 Å². The Hall–Kier alpha value is -12.4. The van der Waals surface area contributed by atoms with Gasteiger partial charge in [0.1, 0.15) is 23.1 Å². The molecule has 14 nitrogen and oxygen atoms in total. The number of hydrogen-bond acceptors (Lipinski definition) is 10. The van der Waals surface area contributed by atoms with Gasteiger partial charge in [0.25, 0.3) is 0 Å². The zero-order chi connectivity index (χ0) is 66.8. The monoisotopic (exact) mass is 1280 g/mol. The average molecular weight is 1280 g/mol. The van der Waals surface area contributed by atoms with E-state index in [0.717, 1.165) is 155 Å². The number of ether oxygens (including phenoxy) is 2. The Kier molecular flexibility index (Phi) is 14.0. The number of aromatic nitrogens is 8. The fourth-order valence-electron chi connectivity index (χ4n) is 14.2. The summed E-state index contributed by atoms with van der Waals surface area (Å²) in [6.07, 6.45) is 7.46. The van der Waals surface area contributed by atoms with Crippen LogP contribution in [0.1, 0.15) is 11.1 Å². The van der Waals surface area contributed by atoms with Crippen LogP contribution in [0.4, 0.5) is 22.7 Å². The zero-order valence-corrected chi connectivity index (χ0v) is 56.3. The number of benzene rings is 10. The van der Waals surface area contributed by atoms with Crippen molar-refractivity contribution in [2.45, 2.75) is 13.8 Å². The molecule has 478 valence electrons. The number of para-hydroxylation sites is 2. The molecule has 10 aromatic carbocycles. The number of aryl methyl sites for hydroxylation is 2. The largest absolute Gasteiger partial charge is 0.455 e. The molecular formula is C84H70N12O2. The Morgan fingerprint density at radius 1 is 0.286 bits per heavy atom. The number of hydrogen-bond donors (Lipinski definition) is 0. The van der Waals surface area contributed by atoms with Crippen LogP contribution in [0.2, 0.25) is 0 Å². The van der Waals surface area contributed by atoms with Crippen LogP contribution in [0.5, 0.6) is 23.0 Å². The third-order valence-corrected chi connectivity index (χ3v) is 19.2. The summed E-state index contributed by atoms with van der Waals surface area (Å²) in [6.45, 7) is 4.20. The lowest BCUT2D eigenvalue weighted by atomic mass is 10.1. The first kappa shape index (κ1) is 59.3. The van der Waals surface area contributed by atoms with E-state index in [0.29, 0.717) is 34.4 Å². The minimum Gasteiger partial charge on any atom is -0.455 e. The summed E-state index contributed by atoms with van der Waals surface area (Å²) in [5, 5.41) is 9.02. The summed E-state index contributed by atoms with van der Waals surface area (Å²) in [4.78, 5) is 28.9. The van der Waals surface area contributed by atoms with Crippen LogP contribution >= 0.6 is 0 Å². The molecule has 0 amide bonds. The highest BCUT2D eigenvalue weighted by molar-refractivity contribution is 6.14. The van der Waals surface area contributed by atoms with E-state index < -0.39 is 0 Å². The molecule has 17 rings (SSSR count). The van der Waals surface area contributed by atoms with Crippen LogP contribution in [0.15, 0.2) is 243 Å². The van der Waals surface area contributed by atoms with E-state index in [-0.39, 0.29) is 0 Å². The quantitative estimate of drug-likeness (QED) is 0.105. The molecule has 98 heavy (non-hydrogen) atoms. The van der Waals surface area contributed by atoms with Crippen molar-refractivity contribution in [3.63, 3.8) is 0 Å². The van der Waals surface area contributed by atoms with Crippen molar-refractivity contribution in [3.8, 4) is 68.5 Å². The summed E-state index contributed by atoms with van der Waals surface area (Å²) in [5.41, 5.74) is 19.8. The molecule has 0 bridgehead atoms. The van der Waals surface area contributed by atoms with Gasteiger partial charge in [-0.1, -0.05) is 48.5 Å². The van der Waals surface area contributed by atoms with Gasteiger partial charge in [-0.05, 0) is 183 Å². The third-order valence-electron chi connectivity index (χ3n) is 19.2. The summed E-state index contributed by atoms with van der Waals surface area (Å²) >= 11 is 0. The lowest BCUT2D eigenvalue weighted by Crippen LogP contribution is -2.08. The van der Waals surface area contributed by atoms with Crippen molar-refractivity contribution >= 4 is 110 Å². The van der Waals surface area contributed by atoms with Crippen molar-refractivity contribution in [2.24, 2.45) is 0 Å². The van der Waals surface area contributed by atoms with E-state index in [9.17, 15) is 0 Å². The molecule has 0 aliphatic carbocycles. The molecule has 0 unspecified atom stereocenters. The highest BCUT2D eigenvalue weighted by atomic mass is 16.5. The Morgan fingerprint density at radius 2 is 0.633 bits per heavy atom. The summed E-state index contributed by atoms with van der Waals surface area (Å²) in [7, 11) is 16.7. The van der Waals surface area contributed by atoms with Gasteiger partial charge >= 0.3 is 0 Å². The first-order valence-corrected chi connectivity index (χ1v) is 32.9. The number of anilines is 4. The number of rotatable bonds is 14. The fourth-order valence-corrected chi connectivity index (χ4v) is 14.2. The van der Waals surface area contributed by atoms with Crippen LogP contribution in [0, 0.1) is 13.8 Å². The van der Waals surface area contributed by atoms with E-state index in [2.05, 4.69) is 314 Å². The van der Waals surface area contributed by atoms with Gasteiger partial charge in [-0.3, -0.25) is 19.1 Å². The fraction of sp³-hybridized carbons (Fsp3) is 0.119. The maximum atomic E-state index is 7.35. The van der Waals surface area contributed by atoms with Gasteiger partial charge in [0, 0.05) is 158 Å². The molecule has 0 radical (unpaired) electrons. The van der Waals surface area contributed by atoms with Crippen LogP contribution < -0.4 is 29.1 Å². The standard InChI is InChI=1S/C84H70N12O2/c1-51-35-37-85-83(39-51)95-71-17-13-11-15-61(71)63-27-25-59(47-79(63)95)97-81-41-53(19-29-77(81)93-73-31-21-55(89(3)4)43-65(73)66-44-56(90(5)6)22-32-74(66)93)69-49-88-70(50-87-69)54-20-30-78(94-75-33-23-57(91(7)8)45-67(75)68-46-58(92(9)10)24-34-76(68)94)82(42-54)98-60-26-28-64-62-16-12-14-18-72(62)96(80(64)48-60)84-40-52(2)36-38-86-84/h11-50H,1-10H3. The molecule has 0 fully saturated rings. The summed E-state index contributed by atoms with van der Waals surface area (Å²) in [6, 6.07) is 77.5. The molecule has 7 aromatic heterocycles. The molecule has 7 heterocycles. The molecule has 14 heteroatoms. The van der Waals surface area contributed by atoms with Gasteiger partial charge < -0.3 is 38.2 Å². The van der Waals surface area contributed by atoms with E-state index in [4.69, 9.17) is 29.4 Å². The minimum atomic E-state index is 0.642. The topological polar surface area (TPSA) is 103 Å². The van der Waals surface area contributed by atoms with Crippen molar-refractivity contribution in [3.05, 3.63) is 254 Å². The van der Waals surface area contributed by atoms with Crippen molar-refractivity contribution in [1.82, 2.24) is 38.2 Å². The molecule has 0 aliphatic heterocycles. The molecule has 0 atom stereocenters. The van der Waals surface area contributed by atoms with E-state index in [1.807, 2.05) is 36.9 Å². The number of nitrogens with zero attached hydrogens (tertiary/aromatic N) is 12. The maximum absolute atomic E-state index is 7.35. The van der Waals surface area contributed by atoms with Crippen LogP contribution in [-0.4, -0.2) is 94.6 Å². The minimum absolute atomic E-state index is 0.642. The Bertz CT molecular complexity index is 5570. The molecular weight excluding hydrogens is 1210 g/mol. The van der Waals surface area contributed by atoms with Gasteiger partial charge in [-0.15, -0.1) is 0 Å². The third kappa shape index (κ3) is 9.93. The number of fused-ring (bicyclic) bond motifs is 12. The predicted octanol–water partition coefficient (Wildman–Crippen LogP) is 19.5. The van der Waals surface area contributed by atoms with E-state index >= 15 is 0 Å². The molecule has 0 saturated carbocycles. The van der Waals surface area contributed by atoms with Crippen LogP contribution in [-0.2, 0) is 0 Å². The van der Waals surface area contributed by atoms with Gasteiger partial charge in [0.05, 0.1) is 79.3 Å². The Balaban J connectivity index is 0.814. The number of pyridine rings is 2. The highest BCUT2D eigenvalue weighted by Gasteiger charge is 2.24. The zero-order valence-electron chi connectivity index (χ0n) is 56.3. The van der Waals surface area contributed by atoms with Crippen molar-refractivity contribution < 1.29 is 9.47 Å². The van der Waals surface area contributed by atoms with Gasteiger partial charge in [0.15, 0.2) is 11.5 Å². The van der Waals surface area contributed by atoms with E-state index in [1.54, 1.807) is 0 Å².